The number of nitrogens with zero attached hydrogens (tertiary/aromatic N) is 1. The lowest BCUT2D eigenvalue weighted by atomic mass is 10.2. The Labute approximate surface area is 163 Å². The number of aliphatic hydroxyl groups excluding tert-OH is 1. The maximum Gasteiger partial charge on any atom is 0.231 e. The number of para-hydroxylation sites is 2. The van der Waals surface area contributed by atoms with Crippen LogP contribution in [0.3, 0.4) is 0 Å². The van der Waals surface area contributed by atoms with Crippen molar-refractivity contribution in [2.75, 3.05) is 13.3 Å². The number of ether oxygens (including phenoxy) is 2. The first-order valence-electron chi connectivity index (χ1n) is 9.53. The maximum atomic E-state index is 10.6. The van der Waals surface area contributed by atoms with E-state index >= 15 is 0 Å². The van der Waals surface area contributed by atoms with Crippen LogP contribution in [0.15, 0.2) is 66.7 Å². The molecule has 0 unspecified atom stereocenters. The van der Waals surface area contributed by atoms with Gasteiger partial charge in [-0.25, -0.2) is 0 Å². The number of fused-ring (bicyclic) bond motifs is 4. The van der Waals surface area contributed by atoms with E-state index in [1.165, 1.54) is 10.8 Å². The zero-order chi connectivity index (χ0) is 18.9. The normalized spacial score (nSPS) is 14.0. The van der Waals surface area contributed by atoms with E-state index in [-0.39, 0.29) is 6.79 Å². The van der Waals surface area contributed by atoms with E-state index in [2.05, 4.69) is 46.3 Å². The number of aromatic nitrogens is 1. The van der Waals surface area contributed by atoms with E-state index in [1.54, 1.807) is 0 Å². The van der Waals surface area contributed by atoms with Crippen molar-refractivity contribution in [2.45, 2.75) is 19.2 Å². The Kier molecular flexibility index (Phi) is 4.39. The molecule has 1 atom stereocenters. The summed E-state index contributed by atoms with van der Waals surface area (Å²) in [6.07, 6.45) is -0.492. The quantitative estimate of drug-likeness (QED) is 0.541. The molecule has 5 heteroatoms. The highest BCUT2D eigenvalue weighted by atomic mass is 16.7. The Bertz CT molecular complexity index is 1080. The summed E-state index contributed by atoms with van der Waals surface area (Å²) in [4.78, 5) is 0. The summed E-state index contributed by atoms with van der Waals surface area (Å²) in [5.41, 5.74) is 3.41. The van der Waals surface area contributed by atoms with Gasteiger partial charge in [0.05, 0.1) is 12.6 Å². The summed E-state index contributed by atoms with van der Waals surface area (Å²) in [5, 5.41) is 16.4. The van der Waals surface area contributed by atoms with E-state index in [0.717, 1.165) is 28.1 Å². The summed E-state index contributed by atoms with van der Waals surface area (Å²) >= 11 is 0. The molecule has 3 aromatic carbocycles. The Morgan fingerprint density at radius 2 is 1.57 bits per heavy atom. The fourth-order valence-corrected chi connectivity index (χ4v) is 3.91. The van der Waals surface area contributed by atoms with Gasteiger partial charge in [-0.3, -0.25) is 0 Å². The zero-order valence-electron chi connectivity index (χ0n) is 15.5. The molecule has 0 aliphatic carbocycles. The van der Waals surface area contributed by atoms with Gasteiger partial charge >= 0.3 is 0 Å². The third kappa shape index (κ3) is 3.09. The lowest BCUT2D eigenvalue weighted by molar-refractivity contribution is 0.154. The van der Waals surface area contributed by atoms with E-state index in [1.807, 2.05) is 30.3 Å². The van der Waals surface area contributed by atoms with Gasteiger partial charge in [0.1, 0.15) is 0 Å². The van der Waals surface area contributed by atoms with E-state index < -0.39 is 6.10 Å². The molecule has 0 saturated carbocycles. The Balaban J connectivity index is 1.28. The second-order valence-electron chi connectivity index (χ2n) is 7.12. The van der Waals surface area contributed by atoms with Gasteiger partial charge in [0.15, 0.2) is 11.5 Å². The first kappa shape index (κ1) is 17.1. The average Bonchev–Trinajstić information content (AvgIpc) is 3.31. The molecule has 0 spiro atoms. The number of nitrogens with one attached hydrogen (secondary N) is 1. The summed E-state index contributed by atoms with van der Waals surface area (Å²) < 4.78 is 13.0. The lowest BCUT2D eigenvalue weighted by Crippen LogP contribution is -2.29. The Hall–Kier alpha value is -3.02. The van der Waals surface area contributed by atoms with Gasteiger partial charge in [0.25, 0.3) is 0 Å². The second kappa shape index (κ2) is 7.19. The third-order valence-corrected chi connectivity index (χ3v) is 5.22. The number of benzene rings is 3. The van der Waals surface area contributed by atoms with Crippen LogP contribution >= 0.6 is 0 Å². The third-order valence-electron chi connectivity index (χ3n) is 5.22. The van der Waals surface area contributed by atoms with E-state index in [4.69, 9.17) is 9.47 Å². The van der Waals surface area contributed by atoms with Gasteiger partial charge in [0, 0.05) is 34.9 Å². The van der Waals surface area contributed by atoms with Crippen LogP contribution < -0.4 is 14.8 Å². The zero-order valence-corrected chi connectivity index (χ0v) is 15.5. The van der Waals surface area contributed by atoms with Gasteiger partial charge < -0.3 is 24.5 Å². The molecule has 0 amide bonds. The number of aliphatic hydroxyl groups is 1. The molecule has 1 aliphatic heterocycles. The van der Waals surface area contributed by atoms with Crippen LogP contribution in [0.1, 0.15) is 5.56 Å². The van der Waals surface area contributed by atoms with Crippen LogP contribution in [0.25, 0.3) is 21.8 Å². The summed E-state index contributed by atoms with van der Waals surface area (Å²) in [6, 6.07) is 22.6. The molecule has 0 radical (unpaired) electrons. The lowest BCUT2D eigenvalue weighted by Gasteiger charge is -2.15. The van der Waals surface area contributed by atoms with Gasteiger partial charge in [0.2, 0.25) is 6.79 Å². The van der Waals surface area contributed by atoms with Crippen LogP contribution in [0.2, 0.25) is 0 Å². The molecular formula is C23H22N2O3. The van der Waals surface area contributed by atoms with Crippen LogP contribution in [0.5, 0.6) is 11.5 Å². The van der Waals surface area contributed by atoms with Crippen molar-refractivity contribution in [2.24, 2.45) is 0 Å². The number of hydrogen-bond donors (Lipinski definition) is 2. The minimum absolute atomic E-state index is 0.281. The molecule has 2 N–H and O–H groups in total. The molecule has 0 fully saturated rings. The monoisotopic (exact) mass is 374 g/mol. The van der Waals surface area contributed by atoms with Gasteiger partial charge in [-0.05, 0) is 29.8 Å². The second-order valence-corrected chi connectivity index (χ2v) is 7.12. The molecular weight excluding hydrogens is 352 g/mol. The van der Waals surface area contributed by atoms with Crippen LogP contribution in [0, 0.1) is 0 Å². The maximum absolute atomic E-state index is 10.6. The minimum Gasteiger partial charge on any atom is -0.454 e. The van der Waals surface area contributed by atoms with Crippen molar-refractivity contribution in [1.29, 1.82) is 0 Å². The predicted molar refractivity (Wildman–Crippen MR) is 110 cm³/mol. The highest BCUT2D eigenvalue weighted by molar-refractivity contribution is 6.07. The van der Waals surface area contributed by atoms with Crippen LogP contribution in [-0.2, 0) is 13.1 Å². The smallest absolute Gasteiger partial charge is 0.231 e. The van der Waals surface area contributed by atoms with Crippen molar-refractivity contribution < 1.29 is 14.6 Å². The fraction of sp³-hybridized carbons (Fsp3) is 0.217. The van der Waals surface area contributed by atoms with Crippen molar-refractivity contribution in [3.8, 4) is 11.5 Å². The minimum atomic E-state index is -0.492. The molecule has 5 rings (SSSR count). The molecule has 1 aliphatic rings. The topological polar surface area (TPSA) is 55.6 Å². The summed E-state index contributed by atoms with van der Waals surface area (Å²) in [7, 11) is 0. The summed E-state index contributed by atoms with van der Waals surface area (Å²) in [5.74, 6) is 1.57. The van der Waals surface area contributed by atoms with Gasteiger partial charge in [-0.2, -0.15) is 0 Å². The molecule has 0 saturated heterocycles. The largest absolute Gasteiger partial charge is 0.454 e. The SMILES string of the molecule is O[C@H](CNCc1ccc2c(c1)OCO2)Cn1c2ccccc2c2ccccc21. The Morgan fingerprint density at radius 3 is 2.32 bits per heavy atom. The molecule has 28 heavy (non-hydrogen) atoms. The van der Waals surface area contributed by atoms with Crippen molar-refractivity contribution in [3.63, 3.8) is 0 Å². The first-order valence-corrected chi connectivity index (χ1v) is 9.53. The van der Waals surface area contributed by atoms with E-state index in [0.29, 0.717) is 19.6 Å². The number of rotatable bonds is 6. The highest BCUT2D eigenvalue weighted by Gasteiger charge is 2.15. The van der Waals surface area contributed by atoms with Gasteiger partial charge in [-0.15, -0.1) is 0 Å². The molecule has 4 aromatic rings. The van der Waals surface area contributed by atoms with Crippen LogP contribution in [-0.4, -0.2) is 29.1 Å². The first-order chi connectivity index (χ1) is 13.8. The Morgan fingerprint density at radius 1 is 0.893 bits per heavy atom. The predicted octanol–water partition coefficient (Wildman–Crippen LogP) is 3.67. The van der Waals surface area contributed by atoms with Crippen molar-refractivity contribution >= 4 is 21.8 Å². The van der Waals surface area contributed by atoms with E-state index in [9.17, 15) is 5.11 Å². The molecule has 142 valence electrons. The standard InChI is InChI=1S/C23H22N2O3/c26-17(13-24-12-16-9-10-22-23(11-16)28-15-27-22)14-25-20-7-3-1-5-18(20)19-6-2-4-8-21(19)25/h1-11,17,24,26H,12-15H2/t17-/m1/s1. The summed E-state index contributed by atoms with van der Waals surface area (Å²) in [6.45, 7) is 2.00. The highest BCUT2D eigenvalue weighted by Crippen LogP contribution is 2.32. The molecule has 2 heterocycles. The average molecular weight is 374 g/mol. The van der Waals surface area contributed by atoms with Crippen LogP contribution in [0.4, 0.5) is 0 Å². The molecule has 5 nitrogen and oxygen atoms in total. The van der Waals surface area contributed by atoms with Gasteiger partial charge in [-0.1, -0.05) is 42.5 Å². The fourth-order valence-electron chi connectivity index (χ4n) is 3.91. The molecule has 0 bridgehead atoms. The van der Waals surface area contributed by atoms with Crippen molar-refractivity contribution in [1.82, 2.24) is 9.88 Å². The number of hydrogen-bond acceptors (Lipinski definition) is 4. The molecule has 1 aromatic heterocycles. The van der Waals surface area contributed by atoms with Crippen molar-refractivity contribution in [3.05, 3.63) is 72.3 Å².